The van der Waals surface area contributed by atoms with Crippen LogP contribution in [0.4, 0.5) is 11.4 Å². The van der Waals surface area contributed by atoms with Gasteiger partial charge in [-0.3, -0.25) is 9.59 Å². The summed E-state index contributed by atoms with van der Waals surface area (Å²) in [6.45, 7) is 0.710. The summed E-state index contributed by atoms with van der Waals surface area (Å²) in [4.78, 5) is 30.3. The lowest BCUT2D eigenvalue weighted by Crippen LogP contribution is -2.24. The number of fused-ring (bicyclic) bond motifs is 1. The third kappa shape index (κ3) is 2.62. The van der Waals surface area contributed by atoms with E-state index in [-0.39, 0.29) is 11.8 Å². The lowest BCUT2D eigenvalue weighted by Gasteiger charge is -2.16. The van der Waals surface area contributed by atoms with Gasteiger partial charge < -0.3 is 14.6 Å². The Kier molecular flexibility index (Phi) is 3.49. The molecule has 1 aliphatic heterocycles. The van der Waals surface area contributed by atoms with Gasteiger partial charge in [0.1, 0.15) is 5.65 Å². The van der Waals surface area contributed by atoms with Crippen molar-refractivity contribution < 1.29 is 9.59 Å². The molecule has 120 valence electrons. The summed E-state index contributed by atoms with van der Waals surface area (Å²) in [6, 6.07) is 10.8. The van der Waals surface area contributed by atoms with Gasteiger partial charge in [0, 0.05) is 42.8 Å². The summed E-state index contributed by atoms with van der Waals surface area (Å²) in [5, 5.41) is 2.88. The Morgan fingerprint density at radius 1 is 1.21 bits per heavy atom. The summed E-state index contributed by atoms with van der Waals surface area (Å²) in [5.74, 6) is -0.0962. The van der Waals surface area contributed by atoms with Gasteiger partial charge in [-0.25, -0.2) is 4.98 Å². The molecule has 2 aromatic heterocycles. The molecule has 6 nitrogen and oxygen atoms in total. The molecule has 0 bridgehead atoms. The molecule has 0 radical (unpaired) electrons. The Morgan fingerprint density at radius 3 is 2.96 bits per heavy atom. The van der Waals surface area contributed by atoms with Crippen LogP contribution in [0.3, 0.4) is 0 Å². The third-order valence-electron chi connectivity index (χ3n) is 4.14. The third-order valence-corrected chi connectivity index (χ3v) is 4.14. The van der Waals surface area contributed by atoms with Crippen LogP contribution >= 0.6 is 0 Å². The minimum Gasteiger partial charge on any atom is -0.321 e. The van der Waals surface area contributed by atoms with Gasteiger partial charge in [0.05, 0.1) is 5.69 Å². The molecule has 1 aromatic carbocycles. The number of imidazole rings is 1. The monoisotopic (exact) mass is 320 g/mol. The van der Waals surface area contributed by atoms with Crippen molar-refractivity contribution in [1.82, 2.24) is 9.38 Å². The lowest BCUT2D eigenvalue weighted by molar-refractivity contribution is -0.117. The van der Waals surface area contributed by atoms with E-state index in [9.17, 15) is 9.59 Å². The zero-order valence-electron chi connectivity index (χ0n) is 13.0. The molecule has 3 heterocycles. The summed E-state index contributed by atoms with van der Waals surface area (Å²) in [5.41, 5.74) is 2.81. The van der Waals surface area contributed by atoms with Crippen LogP contribution in [0.25, 0.3) is 5.65 Å². The molecule has 1 fully saturated rings. The summed E-state index contributed by atoms with van der Waals surface area (Å²) in [7, 11) is 0. The van der Waals surface area contributed by atoms with Crippen molar-refractivity contribution in [1.29, 1.82) is 0 Å². The smallest absolute Gasteiger partial charge is 0.255 e. The van der Waals surface area contributed by atoms with Gasteiger partial charge >= 0.3 is 0 Å². The first-order valence-electron chi connectivity index (χ1n) is 7.85. The molecular weight excluding hydrogens is 304 g/mol. The van der Waals surface area contributed by atoms with Gasteiger partial charge in [-0.15, -0.1) is 0 Å². The molecule has 0 saturated carbocycles. The number of nitrogens with zero attached hydrogens (tertiary/aromatic N) is 3. The number of pyridine rings is 1. The fourth-order valence-corrected chi connectivity index (χ4v) is 2.93. The van der Waals surface area contributed by atoms with E-state index in [4.69, 9.17) is 0 Å². The van der Waals surface area contributed by atoms with Crippen molar-refractivity contribution in [3.05, 3.63) is 60.6 Å². The highest BCUT2D eigenvalue weighted by Gasteiger charge is 2.22. The summed E-state index contributed by atoms with van der Waals surface area (Å²) in [6.07, 6.45) is 6.78. The maximum atomic E-state index is 12.5. The highest BCUT2D eigenvalue weighted by atomic mass is 16.2. The molecule has 1 aliphatic rings. The number of benzene rings is 1. The molecule has 0 atom stereocenters. The predicted molar refractivity (Wildman–Crippen MR) is 91.2 cm³/mol. The van der Waals surface area contributed by atoms with Crippen molar-refractivity contribution >= 4 is 28.8 Å². The van der Waals surface area contributed by atoms with Gasteiger partial charge in [-0.1, -0.05) is 6.07 Å². The number of hydrogen-bond acceptors (Lipinski definition) is 3. The van der Waals surface area contributed by atoms with E-state index in [1.807, 2.05) is 35.0 Å². The molecule has 0 aliphatic carbocycles. The van der Waals surface area contributed by atoms with E-state index in [1.165, 1.54) is 0 Å². The highest BCUT2D eigenvalue weighted by Crippen LogP contribution is 2.22. The molecule has 2 amide bonds. The van der Waals surface area contributed by atoms with Gasteiger partial charge in [-0.05, 0) is 36.8 Å². The van der Waals surface area contributed by atoms with E-state index >= 15 is 0 Å². The minimum absolute atomic E-state index is 0.109. The second kappa shape index (κ2) is 5.81. The Balaban J connectivity index is 1.56. The Labute approximate surface area is 138 Å². The van der Waals surface area contributed by atoms with Crippen LogP contribution in [-0.2, 0) is 4.79 Å². The number of rotatable bonds is 3. The molecular formula is C18H16N4O2. The number of aromatic nitrogens is 2. The van der Waals surface area contributed by atoms with Crippen LogP contribution in [0.5, 0.6) is 0 Å². The second-order valence-electron chi connectivity index (χ2n) is 5.76. The van der Waals surface area contributed by atoms with E-state index in [0.717, 1.165) is 17.8 Å². The van der Waals surface area contributed by atoms with E-state index in [0.29, 0.717) is 24.2 Å². The number of hydrogen-bond donors (Lipinski definition) is 1. The average Bonchev–Trinajstić information content (AvgIpc) is 3.23. The molecule has 3 aromatic rings. The summed E-state index contributed by atoms with van der Waals surface area (Å²) < 4.78 is 1.84. The minimum atomic E-state index is -0.206. The molecule has 6 heteroatoms. The molecule has 24 heavy (non-hydrogen) atoms. The van der Waals surface area contributed by atoms with Crippen molar-refractivity contribution in [3.8, 4) is 0 Å². The van der Waals surface area contributed by atoms with Gasteiger partial charge in [0.15, 0.2) is 0 Å². The average molecular weight is 320 g/mol. The normalized spacial score (nSPS) is 14.3. The fraction of sp³-hybridized carbons (Fsp3) is 0.167. The van der Waals surface area contributed by atoms with Crippen LogP contribution in [-0.4, -0.2) is 27.7 Å². The molecule has 4 rings (SSSR count). The predicted octanol–water partition coefficient (Wildman–Crippen LogP) is 2.71. The van der Waals surface area contributed by atoms with E-state index in [2.05, 4.69) is 10.3 Å². The molecule has 0 spiro atoms. The number of amides is 2. The van der Waals surface area contributed by atoms with Crippen LogP contribution in [0, 0.1) is 0 Å². The van der Waals surface area contributed by atoms with Crippen molar-refractivity contribution in [2.24, 2.45) is 0 Å². The van der Waals surface area contributed by atoms with Crippen LogP contribution < -0.4 is 10.2 Å². The Hall–Kier alpha value is -3.15. The first-order chi connectivity index (χ1) is 11.7. The molecule has 1 N–H and O–H groups in total. The van der Waals surface area contributed by atoms with Gasteiger partial charge in [-0.2, -0.15) is 0 Å². The number of carbonyl (C=O) groups excluding carboxylic acids is 2. The topological polar surface area (TPSA) is 66.7 Å². The van der Waals surface area contributed by atoms with Crippen molar-refractivity contribution in [2.45, 2.75) is 12.8 Å². The summed E-state index contributed by atoms with van der Waals surface area (Å²) >= 11 is 0. The number of carbonyl (C=O) groups is 2. The number of anilines is 2. The van der Waals surface area contributed by atoms with Gasteiger partial charge in [0.2, 0.25) is 5.91 Å². The van der Waals surface area contributed by atoms with E-state index in [1.54, 1.807) is 29.3 Å². The Morgan fingerprint density at radius 2 is 2.12 bits per heavy atom. The first-order valence-corrected chi connectivity index (χ1v) is 7.85. The molecule has 1 saturated heterocycles. The maximum Gasteiger partial charge on any atom is 0.255 e. The van der Waals surface area contributed by atoms with Crippen molar-refractivity contribution in [3.63, 3.8) is 0 Å². The SMILES string of the molecule is O=C(Nc1ccc2nccn2c1)c1cccc(N2CCCC2=O)c1. The Bertz CT molecular complexity index is 931. The highest BCUT2D eigenvalue weighted by molar-refractivity contribution is 6.05. The molecule has 0 unspecified atom stereocenters. The zero-order chi connectivity index (χ0) is 16.5. The van der Waals surface area contributed by atoms with Crippen LogP contribution in [0.15, 0.2) is 55.0 Å². The fourth-order valence-electron chi connectivity index (χ4n) is 2.93. The lowest BCUT2D eigenvalue weighted by atomic mass is 10.1. The standard InChI is InChI=1S/C18H16N4O2/c23-17-5-2-9-22(17)15-4-1-3-13(11-15)18(24)20-14-6-7-16-19-8-10-21(16)12-14/h1,3-4,6-8,10-12H,2,5,9H2,(H,20,24). The largest absolute Gasteiger partial charge is 0.321 e. The van der Waals surface area contributed by atoms with Crippen LogP contribution in [0.1, 0.15) is 23.2 Å². The van der Waals surface area contributed by atoms with Crippen LogP contribution in [0.2, 0.25) is 0 Å². The maximum absolute atomic E-state index is 12.5. The number of nitrogens with one attached hydrogen (secondary N) is 1. The zero-order valence-corrected chi connectivity index (χ0v) is 13.0. The van der Waals surface area contributed by atoms with E-state index < -0.39 is 0 Å². The quantitative estimate of drug-likeness (QED) is 0.807. The first kappa shape index (κ1) is 14.4. The van der Waals surface area contributed by atoms with Gasteiger partial charge in [0.25, 0.3) is 5.91 Å². The van der Waals surface area contributed by atoms with Crippen molar-refractivity contribution in [2.75, 3.05) is 16.8 Å². The second-order valence-corrected chi connectivity index (χ2v) is 5.76.